The van der Waals surface area contributed by atoms with Crippen LogP contribution in [0.4, 0.5) is 0 Å². The van der Waals surface area contributed by atoms with Gasteiger partial charge < -0.3 is 9.64 Å². The predicted molar refractivity (Wildman–Crippen MR) is 140 cm³/mol. The van der Waals surface area contributed by atoms with E-state index < -0.39 is 26.1 Å². The van der Waals surface area contributed by atoms with E-state index in [1.165, 1.54) is 28.6 Å². The van der Waals surface area contributed by atoms with Crippen molar-refractivity contribution in [1.29, 1.82) is 0 Å². The molecule has 0 saturated carbocycles. The first-order valence-corrected chi connectivity index (χ1v) is 14.9. The molecule has 0 unspecified atom stereocenters. The van der Waals surface area contributed by atoms with Gasteiger partial charge in [-0.15, -0.1) is 0 Å². The number of thiol groups is 1. The Bertz CT molecular complexity index is 1240. The molecule has 0 atom stereocenters. The summed E-state index contributed by atoms with van der Waals surface area (Å²) < 4.78 is 55.1. The van der Waals surface area contributed by atoms with Crippen LogP contribution in [0.15, 0.2) is 47.4 Å². The van der Waals surface area contributed by atoms with Crippen LogP contribution in [-0.2, 0) is 31.3 Å². The molecule has 0 radical (unpaired) electrons. The van der Waals surface area contributed by atoms with Crippen molar-refractivity contribution in [2.24, 2.45) is 5.41 Å². The number of carbonyl (C=O) groups excluding carboxylic acids is 1. The molecule has 2 aromatic rings. The molecule has 0 bridgehead atoms. The lowest BCUT2D eigenvalue weighted by Crippen LogP contribution is -2.53. The van der Waals surface area contributed by atoms with Gasteiger partial charge >= 0.3 is 0 Å². The largest absolute Gasteiger partial charge is 0.493 e. The molecule has 198 valence electrons. The summed E-state index contributed by atoms with van der Waals surface area (Å²) in [5.41, 5.74) is 2.19. The van der Waals surface area contributed by atoms with Crippen molar-refractivity contribution in [1.82, 2.24) is 9.21 Å². The minimum Gasteiger partial charge on any atom is -0.493 e. The van der Waals surface area contributed by atoms with Gasteiger partial charge in [0, 0.05) is 31.6 Å². The Morgan fingerprint density at radius 3 is 2.25 bits per heavy atom. The zero-order valence-corrected chi connectivity index (χ0v) is 23.1. The van der Waals surface area contributed by atoms with Gasteiger partial charge in [-0.2, -0.15) is 4.31 Å². The van der Waals surface area contributed by atoms with Crippen molar-refractivity contribution in [3.8, 4) is 5.75 Å². The zero-order chi connectivity index (χ0) is 26.5. The fraction of sp³-hybridized carbons (Fsp3) is 0.500. The molecular formula is C26H36N2O6S2. The number of sulfonamides is 1. The van der Waals surface area contributed by atoms with Gasteiger partial charge in [0.25, 0.3) is 0 Å². The smallest absolute Gasteiger partial charge is 0.243 e. The van der Waals surface area contributed by atoms with Crippen molar-refractivity contribution in [2.45, 2.75) is 51.2 Å². The van der Waals surface area contributed by atoms with E-state index >= 15 is 0 Å². The second-order valence-corrected chi connectivity index (χ2v) is 12.9. The summed E-state index contributed by atoms with van der Waals surface area (Å²) in [7, 11) is -6.29. The maximum absolute atomic E-state index is 13.2. The van der Waals surface area contributed by atoms with Crippen LogP contribution in [0.5, 0.6) is 5.75 Å². The Hall–Kier alpha value is -2.43. The number of hydrogen-bond donors (Lipinski definition) is 1. The van der Waals surface area contributed by atoms with Gasteiger partial charge in [-0.3, -0.25) is 4.79 Å². The van der Waals surface area contributed by atoms with Crippen molar-refractivity contribution >= 4 is 26.6 Å². The topological polar surface area (TPSA) is 101 Å². The van der Waals surface area contributed by atoms with Crippen molar-refractivity contribution in [3.63, 3.8) is 0 Å². The highest BCUT2D eigenvalue weighted by atomic mass is 32.2. The van der Waals surface area contributed by atoms with E-state index in [4.69, 9.17) is 4.74 Å². The van der Waals surface area contributed by atoms with Gasteiger partial charge in [0.15, 0.2) is 0 Å². The highest BCUT2D eigenvalue weighted by Gasteiger charge is 2.36. The molecule has 1 aliphatic rings. The number of amides is 1. The molecule has 36 heavy (non-hydrogen) atoms. The molecule has 0 spiro atoms. The van der Waals surface area contributed by atoms with Gasteiger partial charge in [-0.25, -0.2) is 16.8 Å². The number of ether oxygens (including phenoxy) is 1. The summed E-state index contributed by atoms with van der Waals surface area (Å²) in [6, 6.07) is 12.0. The van der Waals surface area contributed by atoms with Crippen LogP contribution in [-0.4, -0.2) is 64.7 Å². The van der Waals surface area contributed by atoms with Gasteiger partial charge in [0.05, 0.1) is 17.3 Å². The van der Waals surface area contributed by atoms with Crippen LogP contribution >= 0.6 is 0 Å². The number of rotatable bonds is 10. The molecule has 2 aromatic carbocycles. The third-order valence-electron chi connectivity index (χ3n) is 6.52. The second-order valence-electron chi connectivity index (χ2n) is 9.94. The monoisotopic (exact) mass is 536 g/mol. The lowest BCUT2D eigenvalue weighted by atomic mass is 9.86. The number of piperazine rings is 1. The van der Waals surface area contributed by atoms with E-state index in [0.717, 1.165) is 23.3 Å². The summed E-state index contributed by atoms with van der Waals surface area (Å²) in [5.74, 6) is 0.763. The summed E-state index contributed by atoms with van der Waals surface area (Å²) in [6.07, 6.45) is 1.40. The Morgan fingerprint density at radius 1 is 1.00 bits per heavy atom. The Morgan fingerprint density at radius 2 is 1.64 bits per heavy atom. The van der Waals surface area contributed by atoms with Crippen LogP contribution in [0, 0.1) is 19.3 Å². The molecule has 3 rings (SSSR count). The summed E-state index contributed by atoms with van der Waals surface area (Å²) in [5, 5.41) is 0. The first-order valence-electron chi connectivity index (χ1n) is 12.1. The van der Waals surface area contributed by atoms with Crippen LogP contribution in [0.25, 0.3) is 0 Å². The lowest BCUT2D eigenvalue weighted by molar-refractivity contribution is -0.142. The van der Waals surface area contributed by atoms with E-state index in [0.29, 0.717) is 31.7 Å². The standard InChI is InChI=1S/C26H36N2O6S2/c1-20-6-7-21(2)24(18-20)34-17-5-12-26(3,4)25(29)27-13-15-28(16-14-27)36(32,33)23-10-8-22(9-11-23)19-35(30)31/h6-11,18,35H,5,12-17,19H2,1-4H3. The van der Waals surface area contributed by atoms with Crippen LogP contribution in [0.2, 0.25) is 0 Å². The molecular weight excluding hydrogens is 500 g/mol. The maximum atomic E-state index is 13.2. The van der Waals surface area contributed by atoms with Crippen LogP contribution < -0.4 is 4.74 Å². The summed E-state index contributed by atoms with van der Waals surface area (Å²) in [6.45, 7) is 9.50. The minimum absolute atomic E-state index is 0.0161. The van der Waals surface area contributed by atoms with E-state index in [1.807, 2.05) is 45.9 Å². The highest BCUT2D eigenvalue weighted by Crippen LogP contribution is 2.28. The highest BCUT2D eigenvalue weighted by molar-refractivity contribution is 7.89. The average molecular weight is 537 g/mol. The first kappa shape index (κ1) is 28.1. The number of carbonyl (C=O) groups is 1. The molecule has 1 heterocycles. The lowest BCUT2D eigenvalue weighted by Gasteiger charge is -2.38. The first-order chi connectivity index (χ1) is 16.9. The normalized spacial score (nSPS) is 15.3. The third kappa shape index (κ3) is 7.08. The Kier molecular flexibility index (Phi) is 9.18. The van der Waals surface area contributed by atoms with Gasteiger partial charge in [0.2, 0.25) is 15.9 Å². The molecule has 1 amide bonds. The van der Waals surface area contributed by atoms with Crippen molar-refractivity contribution in [3.05, 3.63) is 59.2 Å². The van der Waals surface area contributed by atoms with Gasteiger partial charge in [-0.05, 0) is 61.6 Å². The molecule has 1 aliphatic heterocycles. The fourth-order valence-electron chi connectivity index (χ4n) is 4.29. The number of aryl methyl sites for hydroxylation is 2. The van der Waals surface area contributed by atoms with E-state index in [2.05, 4.69) is 0 Å². The number of nitrogens with zero attached hydrogens (tertiary/aromatic N) is 2. The van der Waals surface area contributed by atoms with Crippen LogP contribution in [0.1, 0.15) is 43.4 Å². The summed E-state index contributed by atoms with van der Waals surface area (Å²) in [4.78, 5) is 15.1. The molecule has 1 saturated heterocycles. The quantitative estimate of drug-likeness (QED) is 0.370. The molecule has 8 nitrogen and oxygen atoms in total. The van der Waals surface area contributed by atoms with Crippen molar-refractivity contribution in [2.75, 3.05) is 32.8 Å². The van der Waals surface area contributed by atoms with E-state index in [9.17, 15) is 21.6 Å². The maximum Gasteiger partial charge on any atom is 0.243 e. The second kappa shape index (κ2) is 11.7. The predicted octanol–water partition coefficient (Wildman–Crippen LogP) is 3.13. The zero-order valence-electron chi connectivity index (χ0n) is 21.4. The van der Waals surface area contributed by atoms with Crippen molar-refractivity contribution < 1.29 is 26.4 Å². The molecule has 10 heteroatoms. The molecule has 0 aliphatic carbocycles. The van der Waals surface area contributed by atoms with Gasteiger partial charge in [0.1, 0.15) is 16.5 Å². The molecule has 0 aromatic heterocycles. The van der Waals surface area contributed by atoms with Gasteiger partial charge in [-0.1, -0.05) is 38.1 Å². The average Bonchev–Trinajstić information content (AvgIpc) is 2.83. The fourth-order valence-corrected chi connectivity index (χ4v) is 6.22. The Balaban J connectivity index is 1.51. The molecule has 0 N–H and O–H groups in total. The minimum atomic E-state index is -3.71. The third-order valence-corrected chi connectivity index (χ3v) is 9.06. The molecule has 1 fully saturated rings. The SMILES string of the molecule is Cc1ccc(C)c(OCCCC(C)(C)C(=O)N2CCN(S(=O)(=O)c3ccc(C[SH](=O)=O)cc3)CC2)c1. The van der Waals surface area contributed by atoms with E-state index in [-0.39, 0.29) is 29.6 Å². The Labute approximate surface area is 216 Å². The van der Waals surface area contributed by atoms with E-state index in [1.54, 1.807) is 4.90 Å². The van der Waals surface area contributed by atoms with Crippen LogP contribution in [0.3, 0.4) is 0 Å². The summed E-state index contributed by atoms with van der Waals surface area (Å²) >= 11 is 0. The number of benzene rings is 2. The number of hydrogen-bond acceptors (Lipinski definition) is 6.